The summed E-state index contributed by atoms with van der Waals surface area (Å²) < 4.78 is 5.86. The molecule has 0 spiro atoms. The van der Waals surface area contributed by atoms with Crippen LogP contribution in [0.25, 0.3) is 0 Å². The molecule has 3 aromatic rings. The number of ether oxygens (including phenoxy) is 1. The SMILES string of the molecule is Cc1ccccc1C(=O)N1CCN(c2ccc(NC(=O)C(C)(C)Oc3ccc(Cl)cc3)cc2Cl)CC1. The third kappa shape index (κ3) is 5.94. The van der Waals surface area contributed by atoms with E-state index in [1.165, 1.54) is 0 Å². The van der Waals surface area contributed by atoms with Crippen LogP contribution < -0.4 is 15.0 Å². The van der Waals surface area contributed by atoms with Gasteiger partial charge in [0.15, 0.2) is 5.60 Å². The van der Waals surface area contributed by atoms with E-state index in [1.807, 2.05) is 48.2 Å². The van der Waals surface area contributed by atoms with Crippen molar-refractivity contribution in [3.05, 3.63) is 87.9 Å². The van der Waals surface area contributed by atoms with Crippen molar-refractivity contribution in [2.24, 2.45) is 0 Å². The summed E-state index contributed by atoms with van der Waals surface area (Å²) in [5.41, 5.74) is 2.06. The fraction of sp³-hybridized carbons (Fsp3) is 0.286. The van der Waals surface area contributed by atoms with Crippen LogP contribution in [0, 0.1) is 6.92 Å². The molecule has 6 nitrogen and oxygen atoms in total. The number of nitrogens with one attached hydrogen (secondary N) is 1. The normalized spacial score (nSPS) is 13.9. The number of amides is 2. The standard InChI is InChI=1S/C28H29Cl2N3O3/c1-19-6-4-5-7-23(19)26(34)33-16-14-32(15-17-33)25-13-10-21(18-24(25)30)31-27(35)28(2,3)36-22-11-8-20(29)9-12-22/h4-13,18H,14-17H2,1-3H3,(H,31,35). The van der Waals surface area contributed by atoms with Crippen LogP contribution in [-0.4, -0.2) is 48.5 Å². The molecule has 1 heterocycles. The Labute approximate surface area is 221 Å². The molecule has 188 valence electrons. The maximum Gasteiger partial charge on any atom is 0.267 e. The molecule has 2 amide bonds. The molecular formula is C28H29Cl2N3O3. The van der Waals surface area contributed by atoms with E-state index in [1.54, 1.807) is 44.2 Å². The van der Waals surface area contributed by atoms with Crippen LogP contribution in [0.2, 0.25) is 10.0 Å². The molecular weight excluding hydrogens is 497 g/mol. The lowest BCUT2D eigenvalue weighted by Crippen LogP contribution is -2.49. The molecule has 1 saturated heterocycles. The molecule has 8 heteroatoms. The van der Waals surface area contributed by atoms with Crippen molar-refractivity contribution in [2.75, 3.05) is 36.4 Å². The molecule has 4 rings (SSSR count). The van der Waals surface area contributed by atoms with Gasteiger partial charge in [0.25, 0.3) is 11.8 Å². The van der Waals surface area contributed by atoms with E-state index >= 15 is 0 Å². The van der Waals surface area contributed by atoms with E-state index in [-0.39, 0.29) is 11.8 Å². The monoisotopic (exact) mass is 525 g/mol. The molecule has 0 unspecified atom stereocenters. The van der Waals surface area contributed by atoms with E-state index in [2.05, 4.69) is 10.2 Å². The maximum absolute atomic E-state index is 12.9. The van der Waals surface area contributed by atoms with Crippen LogP contribution in [0.3, 0.4) is 0 Å². The number of halogens is 2. The Morgan fingerprint density at radius 1 is 0.917 bits per heavy atom. The van der Waals surface area contributed by atoms with Gasteiger partial charge in [0.2, 0.25) is 0 Å². The fourth-order valence-corrected chi connectivity index (χ4v) is 4.53. The molecule has 1 N–H and O–H groups in total. The van der Waals surface area contributed by atoms with Crippen LogP contribution in [0.5, 0.6) is 5.75 Å². The number of hydrogen-bond acceptors (Lipinski definition) is 4. The summed E-state index contributed by atoms with van der Waals surface area (Å²) in [6.07, 6.45) is 0. The quantitative estimate of drug-likeness (QED) is 0.424. The highest BCUT2D eigenvalue weighted by Gasteiger charge is 2.30. The van der Waals surface area contributed by atoms with Gasteiger partial charge >= 0.3 is 0 Å². The Balaban J connectivity index is 1.36. The number of benzene rings is 3. The lowest BCUT2D eigenvalue weighted by molar-refractivity contribution is -0.128. The molecule has 0 bridgehead atoms. The van der Waals surface area contributed by atoms with Crippen molar-refractivity contribution >= 4 is 46.4 Å². The highest BCUT2D eigenvalue weighted by molar-refractivity contribution is 6.33. The molecule has 1 aliphatic heterocycles. The van der Waals surface area contributed by atoms with Crippen molar-refractivity contribution in [1.82, 2.24) is 4.90 Å². The number of rotatable bonds is 6. The van der Waals surface area contributed by atoms with Crippen LogP contribution in [0.4, 0.5) is 11.4 Å². The second-order valence-electron chi connectivity index (χ2n) is 9.28. The predicted octanol–water partition coefficient (Wildman–Crippen LogP) is 6.06. The smallest absolute Gasteiger partial charge is 0.267 e. The summed E-state index contributed by atoms with van der Waals surface area (Å²) in [6, 6.07) is 20.0. The molecule has 0 radical (unpaired) electrons. The number of piperazine rings is 1. The number of aryl methyl sites for hydroxylation is 1. The molecule has 3 aromatic carbocycles. The molecule has 1 aliphatic rings. The minimum atomic E-state index is -1.11. The second-order valence-corrected chi connectivity index (χ2v) is 10.1. The number of hydrogen-bond donors (Lipinski definition) is 1. The van der Waals surface area contributed by atoms with Crippen LogP contribution in [0.15, 0.2) is 66.7 Å². The van der Waals surface area contributed by atoms with E-state index < -0.39 is 5.60 Å². The van der Waals surface area contributed by atoms with Crippen molar-refractivity contribution in [3.8, 4) is 5.75 Å². The first-order chi connectivity index (χ1) is 17.1. The summed E-state index contributed by atoms with van der Waals surface area (Å²) in [7, 11) is 0. The van der Waals surface area contributed by atoms with Gasteiger partial charge in [-0.15, -0.1) is 0 Å². The summed E-state index contributed by atoms with van der Waals surface area (Å²) in [5, 5.41) is 4.01. The van der Waals surface area contributed by atoms with Gasteiger partial charge in [0.05, 0.1) is 10.7 Å². The third-order valence-electron chi connectivity index (χ3n) is 6.22. The number of anilines is 2. The molecule has 36 heavy (non-hydrogen) atoms. The van der Waals surface area contributed by atoms with Gasteiger partial charge in [-0.25, -0.2) is 0 Å². The first kappa shape index (κ1) is 25.9. The Bertz CT molecular complexity index is 1250. The molecule has 0 aliphatic carbocycles. The average Bonchev–Trinajstić information content (AvgIpc) is 2.85. The van der Waals surface area contributed by atoms with Gasteiger partial charge in [-0.05, 0) is 74.9 Å². The number of nitrogens with zero attached hydrogens (tertiary/aromatic N) is 2. The summed E-state index contributed by atoms with van der Waals surface area (Å²) in [6.45, 7) is 7.91. The van der Waals surface area contributed by atoms with E-state index in [9.17, 15) is 9.59 Å². The lowest BCUT2D eigenvalue weighted by Gasteiger charge is -2.36. The van der Waals surface area contributed by atoms with E-state index in [0.29, 0.717) is 47.7 Å². The van der Waals surface area contributed by atoms with Crippen LogP contribution in [-0.2, 0) is 4.79 Å². The zero-order valence-corrected chi connectivity index (χ0v) is 22.1. The van der Waals surface area contributed by atoms with E-state index in [0.717, 1.165) is 16.8 Å². The highest BCUT2D eigenvalue weighted by atomic mass is 35.5. The molecule has 0 atom stereocenters. The topological polar surface area (TPSA) is 61.9 Å². The minimum absolute atomic E-state index is 0.0559. The van der Waals surface area contributed by atoms with Crippen molar-refractivity contribution in [3.63, 3.8) is 0 Å². The van der Waals surface area contributed by atoms with Gasteiger partial charge in [0.1, 0.15) is 5.75 Å². The maximum atomic E-state index is 12.9. The van der Waals surface area contributed by atoms with Gasteiger partial charge in [0, 0.05) is 42.5 Å². The molecule has 0 saturated carbocycles. The minimum Gasteiger partial charge on any atom is -0.478 e. The van der Waals surface area contributed by atoms with Gasteiger partial charge in [-0.3, -0.25) is 9.59 Å². The largest absolute Gasteiger partial charge is 0.478 e. The Morgan fingerprint density at radius 3 is 2.22 bits per heavy atom. The first-order valence-electron chi connectivity index (χ1n) is 11.8. The van der Waals surface area contributed by atoms with Gasteiger partial charge in [-0.1, -0.05) is 41.4 Å². The zero-order valence-electron chi connectivity index (χ0n) is 20.6. The first-order valence-corrected chi connectivity index (χ1v) is 12.5. The summed E-state index contributed by atoms with van der Waals surface area (Å²) >= 11 is 12.5. The van der Waals surface area contributed by atoms with Gasteiger partial charge < -0.3 is 19.9 Å². The third-order valence-corrected chi connectivity index (χ3v) is 6.78. The Morgan fingerprint density at radius 2 is 1.58 bits per heavy atom. The van der Waals surface area contributed by atoms with Gasteiger partial charge in [-0.2, -0.15) is 0 Å². The van der Waals surface area contributed by atoms with Crippen LogP contribution >= 0.6 is 23.2 Å². The van der Waals surface area contributed by atoms with Crippen LogP contribution in [0.1, 0.15) is 29.8 Å². The zero-order chi connectivity index (χ0) is 25.9. The van der Waals surface area contributed by atoms with Crippen molar-refractivity contribution < 1.29 is 14.3 Å². The average molecular weight is 526 g/mol. The van der Waals surface area contributed by atoms with Crippen molar-refractivity contribution in [1.29, 1.82) is 0 Å². The number of carbonyl (C=O) groups excluding carboxylic acids is 2. The predicted molar refractivity (Wildman–Crippen MR) is 146 cm³/mol. The Hall–Kier alpha value is -3.22. The van der Waals surface area contributed by atoms with E-state index in [4.69, 9.17) is 27.9 Å². The fourth-order valence-electron chi connectivity index (χ4n) is 4.10. The summed E-state index contributed by atoms with van der Waals surface area (Å²) in [5.74, 6) is 0.304. The number of carbonyl (C=O) groups is 2. The highest BCUT2D eigenvalue weighted by Crippen LogP contribution is 2.31. The summed E-state index contributed by atoms with van der Waals surface area (Å²) in [4.78, 5) is 29.8. The Kier molecular flexibility index (Phi) is 7.76. The molecule has 1 fully saturated rings. The van der Waals surface area contributed by atoms with Crippen molar-refractivity contribution in [2.45, 2.75) is 26.4 Å². The lowest BCUT2D eigenvalue weighted by atomic mass is 10.1. The second kappa shape index (κ2) is 10.8. The molecule has 0 aromatic heterocycles.